The van der Waals surface area contributed by atoms with Crippen LogP contribution in [0, 0.1) is 17.8 Å². The lowest BCUT2D eigenvalue weighted by molar-refractivity contribution is -0.135. The maximum absolute atomic E-state index is 15.0. The molecule has 1 saturated heterocycles. The first-order valence-corrected chi connectivity index (χ1v) is 30.3. The second-order valence-corrected chi connectivity index (χ2v) is 23.2. The number of carbonyl (C=O) groups is 9. The molecule has 0 spiro atoms. The van der Waals surface area contributed by atoms with E-state index in [1.54, 1.807) is 42.5 Å². The number of rotatable bonds is 25. The number of benzene rings is 4. The Labute approximate surface area is 505 Å². The van der Waals surface area contributed by atoms with Gasteiger partial charge >= 0.3 is 0 Å². The van der Waals surface area contributed by atoms with Gasteiger partial charge in [-0.2, -0.15) is 0 Å². The van der Waals surface area contributed by atoms with Crippen LogP contribution in [0.5, 0.6) is 5.75 Å². The summed E-state index contributed by atoms with van der Waals surface area (Å²) < 4.78 is 0. The molecule has 1 heterocycles. The van der Waals surface area contributed by atoms with E-state index < -0.39 is 114 Å². The molecule has 4 aromatic carbocycles. The number of primary amides is 1. The van der Waals surface area contributed by atoms with Gasteiger partial charge in [0.15, 0.2) is 23.3 Å². The van der Waals surface area contributed by atoms with Crippen LogP contribution in [0.25, 0.3) is 10.8 Å². The van der Waals surface area contributed by atoms with E-state index in [4.69, 9.17) is 17.2 Å². The minimum Gasteiger partial charge on any atom is -0.508 e. The summed E-state index contributed by atoms with van der Waals surface area (Å²) in [6.07, 6.45) is 1.19. The highest BCUT2D eigenvalue weighted by Crippen LogP contribution is 2.24. The zero-order valence-electron chi connectivity index (χ0n) is 50.4. The normalized spacial score (nSPS) is 20.4. The Morgan fingerprint density at radius 1 is 0.605 bits per heavy atom. The van der Waals surface area contributed by atoms with E-state index >= 15 is 0 Å². The SMILES string of the molecule is CC(C)NCCCC[C@@H]1CC(=O)[C@H](Cc2ccc(O)cc2)NC(=O)[C@H](Cc2ccccc2)NC(=O)CC[C@H](C(=O)N[C@@H](CCCCNC(C)C)C(N)=O)CC(=O)CNC(=O)[C@H](Cc2ccc3ccccc3c2)CC(=O)[C@@H](CCCN=C(N)N)NC1=O. The number of phenolic OH excluding ortho intramolecular Hbond substituents is 1. The second-order valence-electron chi connectivity index (χ2n) is 23.2. The first kappa shape index (κ1) is 68.7. The molecule has 5 rings (SSSR count). The average molecular weight is 1190 g/mol. The van der Waals surface area contributed by atoms with Gasteiger partial charge in [-0.05, 0) is 117 Å². The number of hydrogen-bond acceptors (Lipinski definition) is 13. The highest BCUT2D eigenvalue weighted by atomic mass is 16.3. The second kappa shape index (κ2) is 36.1. The Bertz CT molecular complexity index is 2910. The maximum Gasteiger partial charge on any atom is 0.243 e. The molecule has 1 aliphatic heterocycles. The van der Waals surface area contributed by atoms with Crippen molar-refractivity contribution in [2.24, 2.45) is 39.9 Å². The Balaban J connectivity index is 1.58. The number of amides is 6. The van der Waals surface area contributed by atoms with Gasteiger partial charge in [-0.3, -0.25) is 48.1 Å². The molecule has 0 saturated carbocycles. The summed E-state index contributed by atoms with van der Waals surface area (Å²) >= 11 is 0. The van der Waals surface area contributed by atoms with Gasteiger partial charge in [0.2, 0.25) is 35.4 Å². The smallest absolute Gasteiger partial charge is 0.243 e. The molecule has 21 nitrogen and oxygen atoms in total. The lowest BCUT2D eigenvalue weighted by Gasteiger charge is -2.26. The number of nitrogens with zero attached hydrogens (tertiary/aromatic N) is 1. The first-order valence-electron chi connectivity index (χ1n) is 30.3. The number of aromatic hydroxyl groups is 1. The van der Waals surface area contributed by atoms with Crippen molar-refractivity contribution in [1.82, 2.24) is 37.2 Å². The number of Topliss-reactive ketones (excluding diaryl/α,β-unsaturated/α-hetero) is 3. The van der Waals surface area contributed by atoms with Crippen molar-refractivity contribution in [3.8, 4) is 5.75 Å². The molecule has 4 aromatic rings. The van der Waals surface area contributed by atoms with Crippen LogP contribution in [0.1, 0.15) is 128 Å². The molecular weight excluding hydrogens is 1090 g/mol. The van der Waals surface area contributed by atoms with Crippen LogP contribution >= 0.6 is 0 Å². The van der Waals surface area contributed by atoms with Crippen molar-refractivity contribution in [2.75, 3.05) is 26.2 Å². The van der Waals surface area contributed by atoms with E-state index in [2.05, 4.69) is 42.2 Å². The van der Waals surface area contributed by atoms with Gasteiger partial charge in [-0.15, -0.1) is 0 Å². The van der Waals surface area contributed by atoms with Gasteiger partial charge in [0.1, 0.15) is 17.8 Å². The lowest BCUT2D eigenvalue weighted by atomic mass is 9.88. The standard InChI is InChI=1S/C65H91N11O10/c1-41(2)69-30-12-10-19-48-38-58(80)55(35-44-23-27-51(77)28-24-44)76-64(86)56(36-43-15-6-5-7-16-43)73-59(81)29-26-49(63(85)75-54(60(66)82)20-11-13-31-70-42(3)4)37-52(78)40-72-61(83)50(34-45-22-25-46-17-8-9-18-47(46)33-45)39-57(79)53(74-62(48)84)21-14-32-71-65(67)68/h5-9,15-18,22-25,27-28,33,41-42,48-50,53-56,69-70,77H,10-14,19-21,26,29-32,34-40H2,1-4H3,(H2,66,82)(H,72,83)(H,73,81)(H,74,84)(H,75,85)(H,76,86)(H4,67,68,71)/t48-,49+,50-,53-,54+,55+,56+/m1/s1. The summed E-state index contributed by atoms with van der Waals surface area (Å²) in [5.41, 5.74) is 19.1. The lowest BCUT2D eigenvalue weighted by Crippen LogP contribution is -2.53. The third-order valence-corrected chi connectivity index (χ3v) is 15.3. The minimum atomic E-state index is -1.28. The molecule has 1 fully saturated rings. The molecule has 0 unspecified atom stereocenters. The average Bonchev–Trinajstić information content (AvgIpc) is 3.47. The van der Waals surface area contributed by atoms with Crippen LogP contribution in [0.15, 0.2) is 102 Å². The Morgan fingerprint density at radius 2 is 1.21 bits per heavy atom. The number of fused-ring (bicyclic) bond motifs is 1. The van der Waals surface area contributed by atoms with Crippen molar-refractivity contribution in [2.45, 2.75) is 167 Å². The molecule has 0 aliphatic carbocycles. The molecule has 7 atom stereocenters. The Hall–Kier alpha value is -8.04. The summed E-state index contributed by atoms with van der Waals surface area (Å²) in [5.74, 6) is -9.26. The fourth-order valence-corrected chi connectivity index (χ4v) is 10.5. The van der Waals surface area contributed by atoms with E-state index in [9.17, 15) is 48.3 Å². The number of hydrogen-bond donors (Lipinski definition) is 11. The quantitative estimate of drug-likeness (QED) is 0.0254. The highest BCUT2D eigenvalue weighted by molar-refractivity contribution is 5.98. The van der Waals surface area contributed by atoms with E-state index in [0.29, 0.717) is 49.9 Å². The third kappa shape index (κ3) is 24.9. The van der Waals surface area contributed by atoms with Crippen LogP contribution in [0.3, 0.4) is 0 Å². The van der Waals surface area contributed by atoms with Gasteiger partial charge < -0.3 is 59.5 Å². The van der Waals surface area contributed by atoms with Crippen LogP contribution < -0.4 is 54.4 Å². The van der Waals surface area contributed by atoms with Crippen molar-refractivity contribution in [3.05, 3.63) is 114 Å². The molecule has 0 aromatic heterocycles. The molecule has 6 amide bonds. The number of phenols is 1. The summed E-state index contributed by atoms with van der Waals surface area (Å²) in [6, 6.07) is 23.9. The molecule has 466 valence electrons. The fourth-order valence-electron chi connectivity index (χ4n) is 10.5. The minimum absolute atomic E-state index is 0.0243. The molecule has 0 radical (unpaired) electrons. The first-order chi connectivity index (χ1) is 41.1. The topological polar surface area (TPSA) is 348 Å². The highest BCUT2D eigenvalue weighted by Gasteiger charge is 2.35. The van der Waals surface area contributed by atoms with Gasteiger partial charge in [-0.1, -0.05) is 119 Å². The fraction of sp³-hybridized carbons (Fsp3) is 0.508. The molecular formula is C65H91N11O10. The largest absolute Gasteiger partial charge is 0.508 e. The maximum atomic E-state index is 15.0. The number of nitrogens with one attached hydrogen (secondary N) is 7. The predicted molar refractivity (Wildman–Crippen MR) is 332 cm³/mol. The molecule has 1 aliphatic rings. The van der Waals surface area contributed by atoms with Crippen molar-refractivity contribution >= 4 is 69.5 Å². The van der Waals surface area contributed by atoms with E-state index in [-0.39, 0.29) is 94.5 Å². The summed E-state index contributed by atoms with van der Waals surface area (Å²) in [7, 11) is 0. The zero-order valence-corrected chi connectivity index (χ0v) is 50.4. The van der Waals surface area contributed by atoms with Crippen molar-refractivity contribution in [1.29, 1.82) is 0 Å². The van der Waals surface area contributed by atoms with Crippen LogP contribution in [-0.4, -0.2) is 126 Å². The number of unbranched alkanes of at least 4 members (excludes halogenated alkanes) is 2. The van der Waals surface area contributed by atoms with Crippen LogP contribution in [0.4, 0.5) is 0 Å². The molecule has 14 N–H and O–H groups in total. The van der Waals surface area contributed by atoms with Gasteiger partial charge in [-0.25, -0.2) is 0 Å². The van der Waals surface area contributed by atoms with Crippen LogP contribution in [-0.2, 0) is 62.4 Å². The number of carbonyl (C=O) groups excluding carboxylic acids is 9. The molecule has 86 heavy (non-hydrogen) atoms. The summed E-state index contributed by atoms with van der Waals surface area (Å²) in [5, 5.41) is 32.8. The van der Waals surface area contributed by atoms with Gasteiger partial charge in [0, 0.05) is 68.5 Å². The number of guanidine groups is 1. The number of aliphatic imine (C=N–C) groups is 1. The number of ketones is 3. The summed E-state index contributed by atoms with van der Waals surface area (Å²) in [6.45, 7) is 8.89. The Kier molecular flexibility index (Phi) is 28.8. The molecule has 0 bridgehead atoms. The van der Waals surface area contributed by atoms with Gasteiger partial charge in [0.05, 0.1) is 18.6 Å². The monoisotopic (exact) mass is 1190 g/mol. The van der Waals surface area contributed by atoms with E-state index in [0.717, 1.165) is 16.3 Å². The van der Waals surface area contributed by atoms with Gasteiger partial charge in [0.25, 0.3) is 0 Å². The zero-order chi connectivity index (χ0) is 62.5. The molecule has 21 heteroatoms. The van der Waals surface area contributed by atoms with Crippen molar-refractivity contribution in [3.63, 3.8) is 0 Å². The van der Waals surface area contributed by atoms with E-state index in [1.165, 1.54) is 12.1 Å². The van der Waals surface area contributed by atoms with Crippen LogP contribution in [0.2, 0.25) is 0 Å². The predicted octanol–water partition coefficient (Wildman–Crippen LogP) is 4.02. The number of nitrogens with two attached hydrogens (primary N) is 3. The third-order valence-electron chi connectivity index (χ3n) is 15.3. The summed E-state index contributed by atoms with van der Waals surface area (Å²) in [4.78, 5) is 134. The van der Waals surface area contributed by atoms with Crippen molar-refractivity contribution < 1.29 is 48.3 Å². The Morgan fingerprint density at radius 3 is 1.88 bits per heavy atom. The van der Waals surface area contributed by atoms with E-state index in [1.807, 2.05) is 70.2 Å².